The van der Waals surface area contributed by atoms with Crippen molar-refractivity contribution < 1.29 is 42.3 Å². The van der Waals surface area contributed by atoms with Gasteiger partial charge in [0.05, 0.1) is 38.2 Å². The van der Waals surface area contributed by atoms with Crippen molar-refractivity contribution in [1.29, 1.82) is 0 Å². The number of rotatable bonds is 9. The summed E-state index contributed by atoms with van der Waals surface area (Å²) in [7, 11) is 0.874. The van der Waals surface area contributed by atoms with Crippen LogP contribution in [0.2, 0.25) is 0 Å². The SMILES string of the molecule is COC(=O)C(N)=C(C(=NCCOCCC(F)(F)F)C(=O)O)[N+](=O)[O-]. The summed E-state index contributed by atoms with van der Waals surface area (Å²) < 4.78 is 44.3. The van der Waals surface area contributed by atoms with Gasteiger partial charge in [-0.25, -0.2) is 9.59 Å². The molecule has 0 atom stereocenters. The lowest BCUT2D eigenvalue weighted by Crippen LogP contribution is -2.29. The van der Waals surface area contributed by atoms with Crippen molar-refractivity contribution in [3.05, 3.63) is 21.5 Å². The van der Waals surface area contributed by atoms with E-state index in [1.54, 1.807) is 0 Å². The monoisotopic (exact) mass is 357 g/mol. The van der Waals surface area contributed by atoms with Crippen molar-refractivity contribution in [2.45, 2.75) is 12.6 Å². The Hall–Kier alpha value is -2.70. The second-order valence-corrected chi connectivity index (χ2v) is 4.02. The minimum absolute atomic E-state index is 0.421. The van der Waals surface area contributed by atoms with Crippen molar-refractivity contribution in [1.82, 2.24) is 0 Å². The number of esters is 1. The molecule has 0 aromatic carbocycles. The highest BCUT2D eigenvalue weighted by molar-refractivity contribution is 6.42. The quantitative estimate of drug-likeness (QED) is 0.147. The number of halogens is 3. The molecule has 0 rings (SSSR count). The number of carboxylic acids is 1. The molecule has 0 unspecified atom stereocenters. The molecule has 0 radical (unpaired) electrons. The number of hydrogen-bond donors (Lipinski definition) is 2. The van der Waals surface area contributed by atoms with Gasteiger partial charge in [0.1, 0.15) is 0 Å². The van der Waals surface area contributed by atoms with Gasteiger partial charge in [0, 0.05) is 0 Å². The molecular formula is C11H14F3N3O7. The molecule has 3 N–H and O–H groups in total. The number of carbonyl (C=O) groups excluding carboxylic acids is 1. The first kappa shape index (κ1) is 21.3. The molecule has 24 heavy (non-hydrogen) atoms. The normalized spacial score (nSPS) is 13.2. The highest BCUT2D eigenvalue weighted by Gasteiger charge is 2.33. The maximum atomic E-state index is 11.9. The van der Waals surface area contributed by atoms with Gasteiger partial charge in [-0.05, 0) is 0 Å². The molecule has 0 heterocycles. The fourth-order valence-corrected chi connectivity index (χ4v) is 1.27. The van der Waals surface area contributed by atoms with Crippen LogP contribution in [0.5, 0.6) is 0 Å². The summed E-state index contributed by atoms with van der Waals surface area (Å²) in [5.41, 5.74) is 1.65. The van der Waals surface area contributed by atoms with Gasteiger partial charge in [-0.3, -0.25) is 15.1 Å². The van der Waals surface area contributed by atoms with Gasteiger partial charge in [0.25, 0.3) is 0 Å². The number of ether oxygens (including phenoxy) is 2. The third kappa shape index (κ3) is 7.53. The lowest BCUT2D eigenvalue weighted by molar-refractivity contribution is -0.416. The Morgan fingerprint density at radius 3 is 2.33 bits per heavy atom. The molecule has 0 aliphatic carbocycles. The summed E-state index contributed by atoms with van der Waals surface area (Å²) in [6, 6.07) is 0. The number of nitro groups is 1. The van der Waals surface area contributed by atoms with E-state index in [1.807, 2.05) is 0 Å². The van der Waals surface area contributed by atoms with Crippen molar-refractivity contribution in [2.75, 3.05) is 26.9 Å². The summed E-state index contributed by atoms with van der Waals surface area (Å²) in [5.74, 6) is -3.19. The van der Waals surface area contributed by atoms with E-state index in [0.29, 0.717) is 0 Å². The van der Waals surface area contributed by atoms with Crippen LogP contribution in [0.15, 0.2) is 16.4 Å². The predicted octanol–water partition coefficient (Wildman–Crippen LogP) is 0.101. The molecule has 0 saturated heterocycles. The summed E-state index contributed by atoms with van der Waals surface area (Å²) in [4.78, 5) is 35.3. The molecule has 0 amide bonds. The second-order valence-electron chi connectivity index (χ2n) is 4.02. The fraction of sp³-hybridized carbons (Fsp3) is 0.545. The molecule has 13 heteroatoms. The third-order valence-electron chi connectivity index (χ3n) is 2.31. The zero-order valence-electron chi connectivity index (χ0n) is 12.3. The van der Waals surface area contributed by atoms with Crippen molar-refractivity contribution in [2.24, 2.45) is 10.7 Å². The van der Waals surface area contributed by atoms with Crippen LogP contribution in [-0.4, -0.2) is 60.7 Å². The van der Waals surface area contributed by atoms with E-state index < -0.39 is 66.3 Å². The van der Waals surface area contributed by atoms with Gasteiger partial charge < -0.3 is 20.3 Å². The molecule has 0 aromatic heterocycles. The highest BCUT2D eigenvalue weighted by atomic mass is 19.4. The molecular weight excluding hydrogens is 343 g/mol. The highest BCUT2D eigenvalue weighted by Crippen LogP contribution is 2.18. The lowest BCUT2D eigenvalue weighted by atomic mass is 10.2. The summed E-state index contributed by atoms with van der Waals surface area (Å²) >= 11 is 0. The summed E-state index contributed by atoms with van der Waals surface area (Å²) in [6.45, 7) is -1.59. The number of nitrogens with zero attached hydrogens (tertiary/aromatic N) is 2. The fourth-order valence-electron chi connectivity index (χ4n) is 1.27. The van der Waals surface area contributed by atoms with E-state index in [2.05, 4.69) is 14.5 Å². The Balaban J connectivity index is 5.09. The Bertz CT molecular complexity index is 558. The van der Waals surface area contributed by atoms with Gasteiger partial charge in [0.2, 0.25) is 5.71 Å². The number of aliphatic carboxylic acids is 1. The predicted molar refractivity (Wildman–Crippen MR) is 71.7 cm³/mol. The number of aliphatic imine (C=N–C) groups is 1. The van der Waals surface area contributed by atoms with Crippen LogP contribution in [-0.2, 0) is 19.1 Å². The minimum Gasteiger partial charge on any atom is -0.476 e. The Kier molecular flexibility index (Phi) is 8.38. The van der Waals surface area contributed by atoms with Gasteiger partial charge in [0.15, 0.2) is 5.70 Å². The molecule has 0 spiro atoms. The second kappa shape index (κ2) is 9.44. The first-order valence-electron chi connectivity index (χ1n) is 6.16. The molecule has 0 aliphatic rings. The van der Waals surface area contributed by atoms with Gasteiger partial charge in [-0.2, -0.15) is 13.2 Å². The number of methoxy groups -OCH3 is 1. The smallest absolute Gasteiger partial charge is 0.391 e. The van der Waals surface area contributed by atoms with Gasteiger partial charge in [-0.15, -0.1) is 0 Å². The zero-order valence-corrected chi connectivity index (χ0v) is 12.3. The van der Waals surface area contributed by atoms with Crippen molar-refractivity contribution in [3.8, 4) is 0 Å². The summed E-state index contributed by atoms with van der Waals surface area (Å²) in [5, 5.41) is 19.9. The van der Waals surface area contributed by atoms with Crippen LogP contribution >= 0.6 is 0 Å². The maximum Gasteiger partial charge on any atom is 0.391 e. The average molecular weight is 357 g/mol. The Morgan fingerprint density at radius 1 is 1.33 bits per heavy atom. The van der Waals surface area contributed by atoms with E-state index in [4.69, 9.17) is 10.8 Å². The van der Waals surface area contributed by atoms with Crippen LogP contribution in [0, 0.1) is 10.1 Å². The molecule has 10 nitrogen and oxygen atoms in total. The Morgan fingerprint density at radius 2 is 1.92 bits per heavy atom. The standard InChI is InChI=1S/C11H14F3N3O7/c1-23-10(20)6(15)8(17(21)22)7(9(18)19)16-3-5-24-4-2-11(12,13)14/h2-5,15H2,1H3,(H,18,19). The molecule has 0 bridgehead atoms. The topological polar surface area (TPSA) is 154 Å². The third-order valence-corrected chi connectivity index (χ3v) is 2.31. The van der Waals surface area contributed by atoms with Gasteiger partial charge >= 0.3 is 23.8 Å². The Labute approximate surface area is 132 Å². The first-order chi connectivity index (χ1) is 11.0. The summed E-state index contributed by atoms with van der Waals surface area (Å²) in [6.07, 6.45) is -5.62. The van der Waals surface area contributed by atoms with Gasteiger partial charge in [-0.1, -0.05) is 0 Å². The van der Waals surface area contributed by atoms with E-state index in [9.17, 15) is 32.9 Å². The zero-order chi connectivity index (χ0) is 18.9. The number of carboxylic acid groups (broad SMARTS) is 1. The van der Waals surface area contributed by atoms with Crippen molar-refractivity contribution in [3.63, 3.8) is 0 Å². The lowest BCUT2D eigenvalue weighted by Gasteiger charge is -2.06. The van der Waals surface area contributed by atoms with Crippen LogP contribution in [0.3, 0.4) is 0 Å². The molecule has 136 valence electrons. The largest absolute Gasteiger partial charge is 0.476 e. The maximum absolute atomic E-state index is 11.9. The van der Waals surface area contributed by atoms with Crippen LogP contribution in [0.25, 0.3) is 0 Å². The van der Waals surface area contributed by atoms with E-state index >= 15 is 0 Å². The average Bonchev–Trinajstić information content (AvgIpc) is 2.46. The van der Waals surface area contributed by atoms with E-state index in [-0.39, 0.29) is 0 Å². The first-order valence-corrected chi connectivity index (χ1v) is 6.16. The van der Waals surface area contributed by atoms with E-state index in [0.717, 1.165) is 7.11 Å². The molecule has 0 aromatic rings. The van der Waals surface area contributed by atoms with Crippen molar-refractivity contribution >= 4 is 17.7 Å². The van der Waals surface area contributed by atoms with Crippen LogP contribution in [0.4, 0.5) is 13.2 Å². The van der Waals surface area contributed by atoms with Crippen LogP contribution in [0.1, 0.15) is 6.42 Å². The number of hydrogen-bond acceptors (Lipinski definition) is 8. The number of nitrogens with two attached hydrogens (primary N) is 1. The molecule has 0 saturated carbocycles. The minimum atomic E-state index is -4.41. The van der Waals surface area contributed by atoms with E-state index in [1.165, 1.54) is 0 Å². The molecule has 0 fully saturated rings. The van der Waals surface area contributed by atoms with Crippen LogP contribution < -0.4 is 5.73 Å². The number of carbonyl (C=O) groups is 2. The molecule has 0 aliphatic heterocycles. The number of alkyl halides is 3.